The van der Waals surface area contributed by atoms with Crippen LogP contribution in [-0.4, -0.2) is 49.5 Å². The normalized spacial score (nSPS) is 15.3. The number of aliphatic carboxylic acids is 1. The fourth-order valence-electron chi connectivity index (χ4n) is 2.78. The Morgan fingerprint density at radius 1 is 1.35 bits per heavy atom. The first-order valence-corrected chi connectivity index (χ1v) is 8.62. The number of ether oxygens (including phenoxy) is 3. The molecule has 0 heterocycles. The molecule has 0 aliphatic heterocycles. The van der Waals surface area contributed by atoms with Gasteiger partial charge in [-0.15, -0.1) is 6.58 Å². The maximum Gasteiger partial charge on any atom is 0.328 e. The number of hydrogen-bond donors (Lipinski definition) is 2. The number of carbonyl (C=O) groups is 2. The molecule has 1 unspecified atom stereocenters. The number of carboxylic acids is 1. The van der Waals surface area contributed by atoms with Gasteiger partial charge in [-0.2, -0.15) is 0 Å². The molecule has 1 atom stereocenters. The Morgan fingerprint density at radius 2 is 2.08 bits per heavy atom. The number of carboxylic acid groups (broad SMARTS) is 1. The highest BCUT2D eigenvalue weighted by molar-refractivity contribution is 5.97. The molecule has 1 aliphatic carbocycles. The van der Waals surface area contributed by atoms with E-state index in [0.717, 1.165) is 25.7 Å². The molecule has 1 aromatic rings. The zero-order valence-corrected chi connectivity index (χ0v) is 14.9. The first-order chi connectivity index (χ1) is 12.5. The van der Waals surface area contributed by atoms with E-state index in [1.54, 1.807) is 18.2 Å². The Balaban J connectivity index is 2.08. The van der Waals surface area contributed by atoms with Gasteiger partial charge in [-0.1, -0.05) is 6.08 Å². The number of rotatable bonds is 10. The minimum absolute atomic E-state index is 0.112. The molecule has 1 fully saturated rings. The van der Waals surface area contributed by atoms with E-state index in [1.165, 1.54) is 13.2 Å². The van der Waals surface area contributed by atoms with Crippen molar-refractivity contribution in [2.45, 2.75) is 37.8 Å². The maximum absolute atomic E-state index is 12.4. The van der Waals surface area contributed by atoms with Gasteiger partial charge in [0.25, 0.3) is 5.91 Å². The maximum atomic E-state index is 12.4. The van der Waals surface area contributed by atoms with Crippen LogP contribution in [0.3, 0.4) is 0 Å². The van der Waals surface area contributed by atoms with Gasteiger partial charge in [0.15, 0.2) is 17.5 Å². The van der Waals surface area contributed by atoms with Crippen molar-refractivity contribution < 1.29 is 28.9 Å². The number of benzene rings is 1. The first kappa shape index (κ1) is 19.8. The quantitative estimate of drug-likeness (QED) is 0.490. The van der Waals surface area contributed by atoms with Crippen molar-refractivity contribution in [1.29, 1.82) is 0 Å². The molecule has 26 heavy (non-hydrogen) atoms. The molecule has 0 spiro atoms. The van der Waals surface area contributed by atoms with Gasteiger partial charge in [-0.3, -0.25) is 4.79 Å². The van der Waals surface area contributed by atoms with Crippen molar-refractivity contribution in [3.05, 3.63) is 36.4 Å². The summed E-state index contributed by atoms with van der Waals surface area (Å²) in [7, 11) is 1.54. The van der Waals surface area contributed by atoms with Crippen LogP contribution in [0.15, 0.2) is 30.9 Å². The van der Waals surface area contributed by atoms with Crippen molar-refractivity contribution in [3.8, 4) is 11.5 Å². The Bertz CT molecular complexity index is 639. The highest BCUT2D eigenvalue weighted by Gasteiger charge is 2.23. The van der Waals surface area contributed by atoms with Crippen LogP contribution in [0.1, 0.15) is 36.0 Å². The lowest BCUT2D eigenvalue weighted by Crippen LogP contribution is -2.44. The lowest BCUT2D eigenvalue weighted by atomic mass is 10.1. The van der Waals surface area contributed by atoms with E-state index in [9.17, 15) is 14.7 Å². The van der Waals surface area contributed by atoms with Crippen LogP contribution in [0.5, 0.6) is 11.5 Å². The molecule has 1 saturated carbocycles. The van der Waals surface area contributed by atoms with Crippen LogP contribution in [0.2, 0.25) is 0 Å². The summed E-state index contributed by atoms with van der Waals surface area (Å²) in [6.45, 7) is 3.56. The van der Waals surface area contributed by atoms with Crippen molar-refractivity contribution in [2.75, 3.05) is 20.3 Å². The fraction of sp³-hybridized carbons (Fsp3) is 0.474. The first-order valence-electron chi connectivity index (χ1n) is 8.62. The van der Waals surface area contributed by atoms with Gasteiger partial charge in [0, 0.05) is 5.56 Å². The summed E-state index contributed by atoms with van der Waals surface area (Å²) in [5, 5.41) is 11.7. The molecule has 7 heteroatoms. The topological polar surface area (TPSA) is 94.1 Å². The largest absolute Gasteiger partial charge is 0.493 e. The van der Waals surface area contributed by atoms with Gasteiger partial charge >= 0.3 is 5.97 Å². The summed E-state index contributed by atoms with van der Waals surface area (Å²) in [5.74, 6) is -0.656. The fourth-order valence-corrected chi connectivity index (χ4v) is 2.78. The lowest BCUT2D eigenvalue weighted by molar-refractivity contribution is -0.140. The number of carbonyl (C=O) groups excluding carboxylic acids is 1. The summed E-state index contributed by atoms with van der Waals surface area (Å²) in [4.78, 5) is 23.7. The third-order valence-electron chi connectivity index (χ3n) is 4.15. The molecule has 1 aromatic carbocycles. The SMILES string of the molecule is C=CCOCC(NC(=O)c1ccc(OC)c(OC2CCCC2)c1)C(=O)O. The summed E-state index contributed by atoms with van der Waals surface area (Å²) >= 11 is 0. The van der Waals surface area contributed by atoms with E-state index in [-0.39, 0.29) is 19.3 Å². The van der Waals surface area contributed by atoms with Gasteiger partial charge in [-0.25, -0.2) is 4.79 Å². The third kappa shape index (κ3) is 5.49. The lowest BCUT2D eigenvalue weighted by Gasteiger charge is -2.18. The predicted molar refractivity (Wildman–Crippen MR) is 95.8 cm³/mol. The van der Waals surface area contributed by atoms with Crippen LogP contribution in [-0.2, 0) is 9.53 Å². The van der Waals surface area contributed by atoms with Gasteiger partial charge in [0.2, 0.25) is 0 Å². The molecule has 1 aliphatic rings. The molecule has 0 aromatic heterocycles. The van der Waals surface area contributed by atoms with Gasteiger partial charge in [-0.05, 0) is 43.9 Å². The molecule has 0 saturated heterocycles. The molecular weight excluding hydrogens is 338 g/mol. The zero-order valence-electron chi connectivity index (χ0n) is 14.9. The van der Waals surface area contributed by atoms with Crippen LogP contribution >= 0.6 is 0 Å². The number of methoxy groups -OCH3 is 1. The zero-order chi connectivity index (χ0) is 18.9. The molecule has 1 amide bonds. The van der Waals surface area contributed by atoms with Gasteiger partial charge in [0.05, 0.1) is 26.4 Å². The van der Waals surface area contributed by atoms with E-state index < -0.39 is 17.9 Å². The van der Waals surface area contributed by atoms with E-state index in [2.05, 4.69) is 11.9 Å². The minimum Gasteiger partial charge on any atom is -0.493 e. The van der Waals surface area contributed by atoms with Crippen molar-refractivity contribution >= 4 is 11.9 Å². The molecule has 0 bridgehead atoms. The van der Waals surface area contributed by atoms with E-state index in [0.29, 0.717) is 17.1 Å². The third-order valence-corrected chi connectivity index (χ3v) is 4.15. The average Bonchev–Trinajstić information content (AvgIpc) is 3.13. The smallest absolute Gasteiger partial charge is 0.328 e. The monoisotopic (exact) mass is 363 g/mol. The van der Waals surface area contributed by atoms with Crippen molar-refractivity contribution in [1.82, 2.24) is 5.32 Å². The van der Waals surface area contributed by atoms with Crippen LogP contribution in [0, 0.1) is 0 Å². The minimum atomic E-state index is -1.17. The standard InChI is InChI=1S/C19H25NO6/c1-3-10-25-12-15(19(22)23)20-18(21)13-8-9-16(24-2)17(11-13)26-14-6-4-5-7-14/h3,8-9,11,14-15H,1,4-7,10,12H2,2H3,(H,20,21)(H,22,23). The van der Waals surface area contributed by atoms with Gasteiger partial charge < -0.3 is 24.6 Å². The number of nitrogens with one attached hydrogen (secondary N) is 1. The Kier molecular flexibility index (Phi) is 7.47. The van der Waals surface area contributed by atoms with E-state index in [1.807, 2.05) is 0 Å². The average molecular weight is 363 g/mol. The van der Waals surface area contributed by atoms with E-state index >= 15 is 0 Å². The highest BCUT2D eigenvalue weighted by Crippen LogP contribution is 2.32. The summed E-state index contributed by atoms with van der Waals surface area (Å²) in [6.07, 6.45) is 5.82. The second-order valence-corrected chi connectivity index (χ2v) is 6.08. The summed E-state index contributed by atoms with van der Waals surface area (Å²) < 4.78 is 16.4. The molecule has 0 radical (unpaired) electrons. The Morgan fingerprint density at radius 3 is 2.69 bits per heavy atom. The molecule has 7 nitrogen and oxygen atoms in total. The Labute approximate surface area is 152 Å². The molecule has 2 N–H and O–H groups in total. The predicted octanol–water partition coefficient (Wildman–Crippen LogP) is 2.40. The second kappa shape index (κ2) is 9.82. The van der Waals surface area contributed by atoms with Crippen molar-refractivity contribution in [2.24, 2.45) is 0 Å². The van der Waals surface area contributed by atoms with Crippen LogP contribution in [0.25, 0.3) is 0 Å². The Hall–Kier alpha value is -2.54. The van der Waals surface area contributed by atoms with Crippen LogP contribution in [0.4, 0.5) is 0 Å². The molecular formula is C19H25NO6. The summed E-state index contributed by atoms with van der Waals surface area (Å²) in [6, 6.07) is 3.64. The second-order valence-electron chi connectivity index (χ2n) is 6.08. The van der Waals surface area contributed by atoms with Gasteiger partial charge in [0.1, 0.15) is 0 Å². The number of hydrogen-bond acceptors (Lipinski definition) is 5. The van der Waals surface area contributed by atoms with E-state index in [4.69, 9.17) is 14.2 Å². The number of amides is 1. The molecule has 142 valence electrons. The van der Waals surface area contributed by atoms with Crippen LogP contribution < -0.4 is 14.8 Å². The highest BCUT2D eigenvalue weighted by atomic mass is 16.5. The molecule has 2 rings (SSSR count). The van der Waals surface area contributed by atoms with Crippen molar-refractivity contribution in [3.63, 3.8) is 0 Å². The summed E-state index contributed by atoms with van der Waals surface area (Å²) in [5.41, 5.74) is 0.300.